The zero-order valence-electron chi connectivity index (χ0n) is 12.7. The summed E-state index contributed by atoms with van der Waals surface area (Å²) in [6, 6.07) is 9.69. The van der Waals surface area contributed by atoms with Gasteiger partial charge in [0.25, 0.3) is 5.91 Å². The Balaban J connectivity index is 0.000000741. The Bertz CT molecular complexity index is 330. The highest BCUT2D eigenvalue weighted by Gasteiger charge is 2.21. The van der Waals surface area contributed by atoms with Crippen LogP contribution >= 0.6 is 0 Å². The standard InChI is InChI=1S/C12H16N2O.2C2H6/c13-11-6-8-14(9-7-11)12(15)10-4-2-1-3-5-10;2*1-2/h1-5,11H,6-9,13H2;2*1-2H3. The van der Waals surface area contributed by atoms with E-state index in [1.165, 1.54) is 0 Å². The molecule has 19 heavy (non-hydrogen) atoms. The van der Waals surface area contributed by atoms with Crippen LogP contribution in [0.15, 0.2) is 30.3 Å². The SMILES string of the molecule is CC.CC.NC1CCN(C(=O)c2ccccc2)CC1. The smallest absolute Gasteiger partial charge is 0.253 e. The number of rotatable bonds is 1. The Morgan fingerprint density at radius 3 is 2.00 bits per heavy atom. The molecule has 3 heteroatoms. The van der Waals surface area contributed by atoms with Crippen molar-refractivity contribution in [2.75, 3.05) is 13.1 Å². The molecule has 0 aliphatic carbocycles. The van der Waals surface area contributed by atoms with Crippen LogP contribution in [0.5, 0.6) is 0 Å². The van der Waals surface area contributed by atoms with Gasteiger partial charge in [0.15, 0.2) is 0 Å². The summed E-state index contributed by atoms with van der Waals surface area (Å²) >= 11 is 0. The third kappa shape index (κ3) is 5.88. The van der Waals surface area contributed by atoms with Crippen molar-refractivity contribution in [1.82, 2.24) is 4.90 Å². The van der Waals surface area contributed by atoms with Crippen molar-refractivity contribution < 1.29 is 4.79 Å². The van der Waals surface area contributed by atoms with Crippen molar-refractivity contribution >= 4 is 5.91 Å². The molecule has 1 aromatic carbocycles. The molecule has 0 radical (unpaired) electrons. The maximum absolute atomic E-state index is 12.0. The van der Waals surface area contributed by atoms with Crippen LogP contribution in [0.4, 0.5) is 0 Å². The van der Waals surface area contributed by atoms with E-state index in [9.17, 15) is 4.79 Å². The minimum absolute atomic E-state index is 0.127. The molecule has 2 rings (SSSR count). The maximum atomic E-state index is 12.0. The van der Waals surface area contributed by atoms with Crippen molar-refractivity contribution in [2.45, 2.75) is 46.6 Å². The molecule has 1 saturated heterocycles. The van der Waals surface area contributed by atoms with Gasteiger partial charge in [-0.25, -0.2) is 0 Å². The van der Waals surface area contributed by atoms with Gasteiger partial charge in [-0.15, -0.1) is 0 Å². The quantitative estimate of drug-likeness (QED) is 0.846. The number of nitrogens with zero attached hydrogens (tertiary/aromatic N) is 1. The fraction of sp³-hybridized carbons (Fsp3) is 0.562. The molecule has 0 aromatic heterocycles. The van der Waals surface area contributed by atoms with Gasteiger partial charge in [-0.3, -0.25) is 4.79 Å². The average molecular weight is 264 g/mol. The Kier molecular flexibility index (Phi) is 9.81. The number of benzene rings is 1. The Hall–Kier alpha value is -1.35. The molecule has 1 aromatic rings. The number of nitrogens with two attached hydrogens (primary N) is 1. The lowest BCUT2D eigenvalue weighted by atomic mass is 10.1. The molecule has 0 atom stereocenters. The lowest BCUT2D eigenvalue weighted by Crippen LogP contribution is -2.42. The second kappa shape index (κ2) is 10.6. The number of amides is 1. The van der Waals surface area contributed by atoms with E-state index in [-0.39, 0.29) is 11.9 Å². The van der Waals surface area contributed by atoms with Crippen LogP contribution in [-0.4, -0.2) is 29.9 Å². The largest absolute Gasteiger partial charge is 0.339 e. The third-order valence-electron chi connectivity index (χ3n) is 2.85. The van der Waals surface area contributed by atoms with Gasteiger partial charge in [0.2, 0.25) is 0 Å². The van der Waals surface area contributed by atoms with Crippen LogP contribution in [0.2, 0.25) is 0 Å². The first-order valence-corrected chi connectivity index (χ1v) is 7.37. The topological polar surface area (TPSA) is 46.3 Å². The lowest BCUT2D eigenvalue weighted by Gasteiger charge is -2.30. The molecule has 0 saturated carbocycles. The predicted molar refractivity (Wildman–Crippen MR) is 82.3 cm³/mol. The number of carbonyl (C=O) groups is 1. The number of hydrogen-bond acceptors (Lipinski definition) is 2. The normalized spacial score (nSPS) is 14.7. The molecule has 0 bridgehead atoms. The zero-order chi connectivity index (χ0) is 14.7. The summed E-state index contributed by atoms with van der Waals surface area (Å²) < 4.78 is 0. The lowest BCUT2D eigenvalue weighted by molar-refractivity contribution is 0.0715. The summed E-state index contributed by atoms with van der Waals surface area (Å²) in [7, 11) is 0. The first-order chi connectivity index (χ1) is 9.27. The van der Waals surface area contributed by atoms with E-state index in [2.05, 4.69) is 0 Å². The molecule has 0 spiro atoms. The van der Waals surface area contributed by atoms with Gasteiger partial charge in [0.05, 0.1) is 0 Å². The minimum Gasteiger partial charge on any atom is -0.339 e. The van der Waals surface area contributed by atoms with E-state index in [0.717, 1.165) is 31.5 Å². The Morgan fingerprint density at radius 1 is 1.05 bits per heavy atom. The summed E-state index contributed by atoms with van der Waals surface area (Å²) in [4.78, 5) is 13.9. The Labute approximate surface area is 117 Å². The molecule has 2 N–H and O–H groups in total. The Morgan fingerprint density at radius 2 is 1.53 bits per heavy atom. The second-order valence-corrected chi connectivity index (χ2v) is 4.00. The van der Waals surface area contributed by atoms with Crippen molar-refractivity contribution in [3.8, 4) is 0 Å². The van der Waals surface area contributed by atoms with Gasteiger partial charge in [-0.1, -0.05) is 45.9 Å². The van der Waals surface area contributed by atoms with Crippen molar-refractivity contribution in [3.05, 3.63) is 35.9 Å². The molecule has 1 fully saturated rings. The van der Waals surface area contributed by atoms with Gasteiger partial charge >= 0.3 is 0 Å². The molecule has 1 amide bonds. The number of hydrogen-bond donors (Lipinski definition) is 1. The van der Waals surface area contributed by atoms with Gasteiger partial charge in [0.1, 0.15) is 0 Å². The molecular formula is C16H28N2O. The summed E-state index contributed by atoms with van der Waals surface area (Å²) in [6.07, 6.45) is 1.83. The van der Waals surface area contributed by atoms with E-state index in [1.807, 2.05) is 62.9 Å². The average Bonchev–Trinajstić information content (AvgIpc) is 2.52. The first-order valence-electron chi connectivity index (χ1n) is 7.37. The van der Waals surface area contributed by atoms with Crippen LogP contribution < -0.4 is 5.73 Å². The predicted octanol–water partition coefficient (Wildman–Crippen LogP) is 3.30. The van der Waals surface area contributed by atoms with Crippen molar-refractivity contribution in [2.24, 2.45) is 5.73 Å². The van der Waals surface area contributed by atoms with E-state index in [4.69, 9.17) is 5.73 Å². The number of carbonyl (C=O) groups excluding carboxylic acids is 1. The molecule has 1 aliphatic rings. The number of piperidine rings is 1. The molecular weight excluding hydrogens is 236 g/mol. The molecule has 0 unspecified atom stereocenters. The van der Waals surface area contributed by atoms with Gasteiger partial charge in [-0.2, -0.15) is 0 Å². The monoisotopic (exact) mass is 264 g/mol. The second-order valence-electron chi connectivity index (χ2n) is 4.00. The molecule has 108 valence electrons. The highest BCUT2D eigenvalue weighted by molar-refractivity contribution is 5.94. The number of likely N-dealkylation sites (tertiary alicyclic amines) is 1. The zero-order valence-corrected chi connectivity index (χ0v) is 12.7. The highest BCUT2D eigenvalue weighted by Crippen LogP contribution is 2.12. The maximum Gasteiger partial charge on any atom is 0.253 e. The molecule has 3 nitrogen and oxygen atoms in total. The summed E-state index contributed by atoms with van der Waals surface area (Å²) in [5.41, 5.74) is 6.57. The van der Waals surface area contributed by atoms with E-state index >= 15 is 0 Å². The van der Waals surface area contributed by atoms with Crippen LogP contribution in [0.25, 0.3) is 0 Å². The van der Waals surface area contributed by atoms with E-state index in [1.54, 1.807) is 0 Å². The minimum atomic E-state index is 0.127. The summed E-state index contributed by atoms with van der Waals surface area (Å²) in [6.45, 7) is 9.57. The summed E-state index contributed by atoms with van der Waals surface area (Å²) in [5, 5.41) is 0. The van der Waals surface area contributed by atoms with Gasteiger partial charge in [-0.05, 0) is 25.0 Å². The van der Waals surface area contributed by atoms with Gasteiger partial charge < -0.3 is 10.6 Å². The fourth-order valence-corrected chi connectivity index (χ4v) is 1.87. The highest BCUT2D eigenvalue weighted by atomic mass is 16.2. The van der Waals surface area contributed by atoms with Gasteiger partial charge in [0, 0.05) is 24.7 Å². The first kappa shape index (κ1) is 17.6. The third-order valence-corrected chi connectivity index (χ3v) is 2.85. The van der Waals surface area contributed by atoms with Crippen LogP contribution in [0, 0.1) is 0 Å². The van der Waals surface area contributed by atoms with E-state index in [0.29, 0.717) is 0 Å². The summed E-state index contributed by atoms with van der Waals surface area (Å²) in [5.74, 6) is 0.127. The molecule has 1 aliphatic heterocycles. The van der Waals surface area contributed by atoms with Crippen LogP contribution in [0.1, 0.15) is 50.9 Å². The van der Waals surface area contributed by atoms with Crippen LogP contribution in [-0.2, 0) is 0 Å². The van der Waals surface area contributed by atoms with Crippen LogP contribution in [0.3, 0.4) is 0 Å². The van der Waals surface area contributed by atoms with E-state index < -0.39 is 0 Å². The van der Waals surface area contributed by atoms with Crippen molar-refractivity contribution in [1.29, 1.82) is 0 Å². The molecule has 1 heterocycles. The van der Waals surface area contributed by atoms with Crippen molar-refractivity contribution in [3.63, 3.8) is 0 Å². The fourth-order valence-electron chi connectivity index (χ4n) is 1.87.